The van der Waals surface area contributed by atoms with Crippen molar-refractivity contribution in [1.29, 1.82) is 0 Å². The number of rotatable bonds is 2. The smallest absolute Gasteiger partial charge is 0.256 e. The van der Waals surface area contributed by atoms with Crippen molar-refractivity contribution in [3.05, 3.63) is 58.3 Å². The Morgan fingerprint density at radius 3 is 2.90 bits per heavy atom. The van der Waals surface area contributed by atoms with Gasteiger partial charge in [-0.05, 0) is 37.5 Å². The molecule has 0 spiro atoms. The molecule has 1 aliphatic carbocycles. The minimum atomic E-state index is -0.413. The standard InChI is InChI=1S/C16H14FN3O/c1-9-4-11-12(16(21)18-6-13(11)17)5-15(9)20-7-14(19-8-20)10-2-3-10/h4-8,10H,2-3H2,1H3,(H,18,21). The summed E-state index contributed by atoms with van der Waals surface area (Å²) in [6, 6.07) is 3.44. The predicted octanol–water partition coefficient (Wildman–Crippen LogP) is 3.04. The van der Waals surface area contributed by atoms with Gasteiger partial charge in [0.15, 0.2) is 0 Å². The summed E-state index contributed by atoms with van der Waals surface area (Å²) in [5, 5.41) is 0.708. The van der Waals surface area contributed by atoms with Gasteiger partial charge in [0.2, 0.25) is 0 Å². The minimum absolute atomic E-state index is 0.282. The maximum absolute atomic E-state index is 13.8. The molecule has 0 radical (unpaired) electrons. The van der Waals surface area contributed by atoms with Crippen molar-refractivity contribution in [3.8, 4) is 5.69 Å². The number of hydrogen-bond acceptors (Lipinski definition) is 2. The van der Waals surface area contributed by atoms with E-state index in [2.05, 4.69) is 9.97 Å². The topological polar surface area (TPSA) is 50.7 Å². The number of nitrogens with one attached hydrogen (secondary N) is 1. The zero-order valence-electron chi connectivity index (χ0n) is 11.6. The fraction of sp³-hybridized carbons (Fsp3) is 0.250. The van der Waals surface area contributed by atoms with Crippen LogP contribution in [0, 0.1) is 12.7 Å². The first-order chi connectivity index (χ1) is 10.1. The molecule has 2 aromatic heterocycles. The molecule has 5 heteroatoms. The maximum atomic E-state index is 13.8. The Morgan fingerprint density at radius 1 is 1.33 bits per heavy atom. The van der Waals surface area contributed by atoms with Gasteiger partial charge in [0.25, 0.3) is 5.56 Å². The second kappa shape index (κ2) is 4.28. The highest BCUT2D eigenvalue weighted by molar-refractivity contribution is 5.85. The minimum Gasteiger partial charge on any atom is -0.326 e. The summed E-state index contributed by atoms with van der Waals surface area (Å²) in [5.41, 5.74) is 2.57. The lowest BCUT2D eigenvalue weighted by molar-refractivity contribution is 0.633. The Hall–Kier alpha value is -2.43. The van der Waals surface area contributed by atoms with E-state index in [0.717, 1.165) is 23.1 Å². The molecule has 0 atom stereocenters. The molecule has 21 heavy (non-hydrogen) atoms. The molecule has 4 rings (SSSR count). The predicted molar refractivity (Wildman–Crippen MR) is 78.4 cm³/mol. The number of aryl methyl sites for hydroxylation is 1. The lowest BCUT2D eigenvalue weighted by atomic mass is 10.1. The fourth-order valence-corrected chi connectivity index (χ4v) is 2.70. The van der Waals surface area contributed by atoms with E-state index < -0.39 is 5.82 Å². The van der Waals surface area contributed by atoms with Crippen LogP contribution in [-0.4, -0.2) is 14.5 Å². The molecule has 0 aliphatic heterocycles. The molecular weight excluding hydrogens is 269 g/mol. The van der Waals surface area contributed by atoms with E-state index in [1.807, 2.05) is 17.7 Å². The van der Waals surface area contributed by atoms with Crippen LogP contribution in [0.15, 0.2) is 35.6 Å². The molecule has 2 heterocycles. The fourth-order valence-electron chi connectivity index (χ4n) is 2.70. The Morgan fingerprint density at radius 2 is 2.14 bits per heavy atom. The summed E-state index contributed by atoms with van der Waals surface area (Å²) in [6.07, 6.45) is 7.25. The van der Waals surface area contributed by atoms with Crippen LogP contribution in [0.5, 0.6) is 0 Å². The first-order valence-corrected chi connectivity index (χ1v) is 6.99. The SMILES string of the molecule is Cc1cc2c(F)c[nH]c(=O)c2cc1-n1cnc(C2CC2)c1. The molecule has 0 unspecified atom stereocenters. The third-order valence-corrected chi connectivity index (χ3v) is 4.04. The molecule has 0 bridgehead atoms. The van der Waals surface area contributed by atoms with Gasteiger partial charge in [-0.15, -0.1) is 0 Å². The van der Waals surface area contributed by atoms with Crippen LogP contribution in [0.3, 0.4) is 0 Å². The summed E-state index contributed by atoms with van der Waals surface area (Å²) in [4.78, 5) is 18.7. The molecule has 4 nitrogen and oxygen atoms in total. The average molecular weight is 283 g/mol. The highest BCUT2D eigenvalue weighted by Gasteiger charge is 2.26. The third-order valence-electron chi connectivity index (χ3n) is 4.04. The second-order valence-corrected chi connectivity index (χ2v) is 5.63. The summed E-state index contributed by atoms with van der Waals surface area (Å²) >= 11 is 0. The molecule has 3 aromatic rings. The van der Waals surface area contributed by atoms with Gasteiger partial charge < -0.3 is 9.55 Å². The number of benzene rings is 1. The van der Waals surface area contributed by atoms with Crippen LogP contribution >= 0.6 is 0 Å². The van der Waals surface area contributed by atoms with Crippen molar-refractivity contribution in [2.75, 3.05) is 0 Å². The van der Waals surface area contributed by atoms with E-state index >= 15 is 0 Å². The zero-order chi connectivity index (χ0) is 14.6. The third kappa shape index (κ3) is 1.96. The van der Waals surface area contributed by atoms with E-state index in [9.17, 15) is 9.18 Å². The quantitative estimate of drug-likeness (QED) is 0.786. The van der Waals surface area contributed by atoms with Gasteiger partial charge in [0, 0.05) is 23.7 Å². The zero-order valence-corrected chi connectivity index (χ0v) is 11.6. The molecule has 106 valence electrons. The van der Waals surface area contributed by atoms with Gasteiger partial charge in [0.1, 0.15) is 5.82 Å². The van der Waals surface area contributed by atoms with Gasteiger partial charge in [-0.2, -0.15) is 0 Å². The monoisotopic (exact) mass is 283 g/mol. The van der Waals surface area contributed by atoms with Gasteiger partial charge in [-0.3, -0.25) is 4.79 Å². The van der Waals surface area contributed by atoms with Crippen LogP contribution in [-0.2, 0) is 0 Å². The molecule has 1 N–H and O–H groups in total. The normalized spacial score (nSPS) is 14.8. The first kappa shape index (κ1) is 12.3. The number of H-pyrrole nitrogens is 1. The molecule has 0 amide bonds. The number of nitrogens with zero attached hydrogens (tertiary/aromatic N) is 2. The Labute approximate surface area is 120 Å². The molecule has 0 saturated heterocycles. The number of fused-ring (bicyclic) bond motifs is 1. The average Bonchev–Trinajstić information content (AvgIpc) is 3.21. The Bertz CT molecular complexity index is 906. The van der Waals surface area contributed by atoms with E-state index in [1.165, 1.54) is 12.8 Å². The number of pyridine rings is 1. The van der Waals surface area contributed by atoms with Gasteiger partial charge >= 0.3 is 0 Å². The van der Waals surface area contributed by atoms with Crippen molar-refractivity contribution in [3.63, 3.8) is 0 Å². The Balaban J connectivity index is 1.93. The van der Waals surface area contributed by atoms with Crippen molar-refractivity contribution in [2.45, 2.75) is 25.7 Å². The van der Waals surface area contributed by atoms with Crippen molar-refractivity contribution < 1.29 is 4.39 Å². The second-order valence-electron chi connectivity index (χ2n) is 5.63. The van der Waals surface area contributed by atoms with Crippen LogP contribution in [0.4, 0.5) is 4.39 Å². The lowest BCUT2D eigenvalue weighted by Crippen LogP contribution is -2.08. The van der Waals surface area contributed by atoms with Crippen molar-refractivity contribution >= 4 is 10.8 Å². The lowest BCUT2D eigenvalue weighted by Gasteiger charge is -2.09. The van der Waals surface area contributed by atoms with E-state index in [4.69, 9.17) is 0 Å². The van der Waals surface area contributed by atoms with Gasteiger partial charge in [0.05, 0.1) is 23.1 Å². The highest BCUT2D eigenvalue weighted by atomic mass is 19.1. The summed E-state index contributed by atoms with van der Waals surface area (Å²) in [5.74, 6) is 0.163. The largest absolute Gasteiger partial charge is 0.326 e. The molecular formula is C16H14FN3O. The number of imidazole rings is 1. The molecule has 1 aromatic carbocycles. The van der Waals surface area contributed by atoms with Gasteiger partial charge in [-0.1, -0.05) is 0 Å². The summed E-state index contributed by atoms with van der Waals surface area (Å²) in [7, 11) is 0. The first-order valence-electron chi connectivity index (χ1n) is 6.99. The number of hydrogen-bond donors (Lipinski definition) is 1. The van der Waals surface area contributed by atoms with Crippen LogP contribution in [0.2, 0.25) is 0 Å². The number of halogens is 1. The highest BCUT2D eigenvalue weighted by Crippen LogP contribution is 2.39. The van der Waals surface area contributed by atoms with Crippen LogP contribution in [0.1, 0.15) is 30.0 Å². The van der Waals surface area contributed by atoms with Crippen molar-refractivity contribution in [1.82, 2.24) is 14.5 Å². The van der Waals surface area contributed by atoms with E-state index in [1.54, 1.807) is 18.5 Å². The summed E-state index contributed by atoms with van der Waals surface area (Å²) < 4.78 is 15.7. The van der Waals surface area contributed by atoms with E-state index in [-0.39, 0.29) is 5.56 Å². The molecule has 1 saturated carbocycles. The van der Waals surface area contributed by atoms with Crippen molar-refractivity contribution in [2.24, 2.45) is 0 Å². The van der Waals surface area contributed by atoms with Crippen LogP contribution < -0.4 is 5.56 Å². The number of aromatic amines is 1. The Kier molecular flexibility index (Phi) is 2.51. The maximum Gasteiger partial charge on any atom is 0.256 e. The molecule has 1 fully saturated rings. The number of aromatic nitrogens is 3. The van der Waals surface area contributed by atoms with Crippen LogP contribution in [0.25, 0.3) is 16.5 Å². The van der Waals surface area contributed by atoms with E-state index in [0.29, 0.717) is 16.7 Å². The molecule has 1 aliphatic rings. The van der Waals surface area contributed by atoms with Gasteiger partial charge in [-0.25, -0.2) is 9.37 Å². The summed E-state index contributed by atoms with van der Waals surface area (Å²) in [6.45, 7) is 1.91.